The van der Waals surface area contributed by atoms with Gasteiger partial charge >= 0.3 is 0 Å². The first-order valence-corrected chi connectivity index (χ1v) is 19.9. The van der Waals surface area contributed by atoms with Crippen LogP contribution in [-0.4, -0.2) is 0 Å². The summed E-state index contributed by atoms with van der Waals surface area (Å²) in [5.41, 5.74) is 13.7. The number of fused-ring (bicyclic) bond motifs is 4. The highest BCUT2D eigenvalue weighted by molar-refractivity contribution is 6.14. The average molecular weight is 697 g/mol. The average Bonchev–Trinajstić information content (AvgIpc) is 3.20. The van der Waals surface area contributed by atoms with Gasteiger partial charge in [0.15, 0.2) is 0 Å². The first kappa shape index (κ1) is 34.1. The lowest BCUT2D eigenvalue weighted by Gasteiger charge is -2.18. The molecule has 9 rings (SSSR count). The van der Waals surface area contributed by atoms with Gasteiger partial charge < -0.3 is 0 Å². The number of hydrogen-bond donors (Lipinski definition) is 0. The molecule has 0 aliphatic heterocycles. The van der Waals surface area contributed by atoms with Crippen LogP contribution in [0.5, 0.6) is 0 Å². The van der Waals surface area contributed by atoms with Crippen LogP contribution in [0.3, 0.4) is 0 Å². The van der Waals surface area contributed by atoms with E-state index in [0.29, 0.717) is 11.8 Å². The summed E-state index contributed by atoms with van der Waals surface area (Å²) >= 11 is 0. The molecule has 1 saturated carbocycles. The van der Waals surface area contributed by atoms with E-state index in [2.05, 4.69) is 185 Å². The third kappa shape index (κ3) is 6.56. The van der Waals surface area contributed by atoms with Crippen LogP contribution in [-0.2, 0) is 0 Å². The minimum Gasteiger partial charge on any atom is -0.0690 e. The highest BCUT2D eigenvalue weighted by Gasteiger charge is 2.15. The van der Waals surface area contributed by atoms with Crippen molar-refractivity contribution in [3.8, 4) is 22.3 Å². The summed E-state index contributed by atoms with van der Waals surface area (Å²) in [6, 6.07) is 55.0. The first-order valence-electron chi connectivity index (χ1n) is 19.9. The van der Waals surface area contributed by atoms with Gasteiger partial charge in [0.05, 0.1) is 0 Å². The Labute approximate surface area is 320 Å². The van der Waals surface area contributed by atoms with Crippen LogP contribution in [0.1, 0.15) is 87.5 Å². The molecule has 0 N–H and O–H groups in total. The Morgan fingerprint density at radius 2 is 0.741 bits per heavy atom. The molecule has 0 heteroatoms. The van der Waals surface area contributed by atoms with E-state index in [1.54, 1.807) is 11.1 Å². The van der Waals surface area contributed by atoms with Crippen molar-refractivity contribution in [1.29, 1.82) is 0 Å². The fraction of sp³-hybridized carbons (Fsp3) is 0.185. The van der Waals surface area contributed by atoms with Crippen molar-refractivity contribution in [2.24, 2.45) is 0 Å². The lowest BCUT2D eigenvalue weighted by Crippen LogP contribution is -1.97. The van der Waals surface area contributed by atoms with Gasteiger partial charge in [0.2, 0.25) is 0 Å². The molecule has 0 amide bonds. The summed E-state index contributed by atoms with van der Waals surface area (Å²) < 4.78 is 0. The van der Waals surface area contributed by atoms with Crippen molar-refractivity contribution >= 4 is 55.2 Å². The molecule has 1 aliphatic carbocycles. The van der Waals surface area contributed by atoms with E-state index in [-0.39, 0.29) is 0 Å². The predicted molar refractivity (Wildman–Crippen MR) is 236 cm³/mol. The molecule has 0 spiro atoms. The number of hydrogen-bond acceptors (Lipinski definition) is 0. The fourth-order valence-corrected chi connectivity index (χ4v) is 8.67. The van der Waals surface area contributed by atoms with Gasteiger partial charge in [0, 0.05) is 0 Å². The molecule has 8 aromatic carbocycles. The third-order valence-corrected chi connectivity index (χ3v) is 11.8. The zero-order valence-corrected chi connectivity index (χ0v) is 32.0. The minimum atomic E-state index is 0.510. The fourth-order valence-electron chi connectivity index (χ4n) is 8.67. The molecule has 54 heavy (non-hydrogen) atoms. The van der Waals surface area contributed by atoms with Crippen molar-refractivity contribution in [3.05, 3.63) is 179 Å². The predicted octanol–water partition coefficient (Wildman–Crippen LogP) is 15.9. The van der Waals surface area contributed by atoms with Crippen molar-refractivity contribution < 1.29 is 0 Å². The number of allylic oxidation sites excluding steroid dienone is 2. The summed E-state index contributed by atoms with van der Waals surface area (Å²) in [4.78, 5) is 0. The zero-order valence-electron chi connectivity index (χ0n) is 32.0. The van der Waals surface area contributed by atoms with Crippen LogP contribution in [0.2, 0.25) is 0 Å². The standard InChI is InChI=1S/C54H48/c1-35(2)43-25-27-51-47(31-43)33-45-9-5-7-11-49(45)53(51)41-21-17-39(18-22-41)29-37-13-15-38(16-14-37)30-40-19-23-42(24-20-40)54-50-12-8-6-10-46(50)34-48-32-44(36(3)4)26-28-52(48)54/h5-12,17-36H,13-16H2,1-4H3. The molecule has 0 nitrogen and oxygen atoms in total. The molecule has 0 heterocycles. The van der Waals surface area contributed by atoms with E-state index >= 15 is 0 Å². The molecule has 1 aliphatic rings. The smallest absolute Gasteiger partial charge is 0.00268 e. The molecule has 0 bridgehead atoms. The van der Waals surface area contributed by atoms with E-state index < -0.39 is 0 Å². The Balaban J connectivity index is 0.931. The first-order chi connectivity index (χ1) is 26.4. The Bertz CT molecular complexity index is 2530. The summed E-state index contributed by atoms with van der Waals surface area (Å²) in [7, 11) is 0. The van der Waals surface area contributed by atoms with Crippen LogP contribution < -0.4 is 0 Å². The minimum absolute atomic E-state index is 0.510. The molecule has 1 fully saturated rings. The van der Waals surface area contributed by atoms with E-state index in [1.807, 2.05) is 0 Å². The van der Waals surface area contributed by atoms with Crippen molar-refractivity contribution in [3.63, 3.8) is 0 Å². The Hall–Kier alpha value is -5.72. The molecular weight excluding hydrogens is 649 g/mol. The van der Waals surface area contributed by atoms with E-state index in [1.165, 1.54) is 87.6 Å². The molecule has 8 aromatic rings. The number of rotatable bonds is 6. The topological polar surface area (TPSA) is 0 Å². The molecule has 0 unspecified atom stereocenters. The van der Waals surface area contributed by atoms with Gasteiger partial charge in [-0.25, -0.2) is 0 Å². The zero-order chi connectivity index (χ0) is 36.8. The molecule has 0 atom stereocenters. The Morgan fingerprint density at radius 1 is 0.370 bits per heavy atom. The maximum Gasteiger partial charge on any atom is -0.00268 e. The molecule has 0 saturated heterocycles. The van der Waals surface area contributed by atoms with Gasteiger partial charge in [-0.05, 0) is 137 Å². The lowest BCUT2D eigenvalue weighted by molar-refractivity contribution is 0.739. The van der Waals surface area contributed by atoms with Crippen LogP contribution in [0.4, 0.5) is 0 Å². The Morgan fingerprint density at radius 3 is 1.13 bits per heavy atom. The maximum absolute atomic E-state index is 2.43. The summed E-state index contributed by atoms with van der Waals surface area (Å²) in [6.45, 7) is 9.09. The van der Waals surface area contributed by atoms with Crippen LogP contribution in [0.25, 0.3) is 77.5 Å². The molecule has 0 aromatic heterocycles. The van der Waals surface area contributed by atoms with E-state index in [4.69, 9.17) is 0 Å². The SMILES string of the molecule is CC(C)c1ccc2c(-c3ccc(C=C4CCC(=Cc5ccc(-c6c7ccccc7cc7cc(C(C)C)ccc67)cc5)CC4)cc3)c3ccccc3cc2c1. The normalized spacial score (nSPS) is 13.5. The summed E-state index contributed by atoms with van der Waals surface area (Å²) in [5.74, 6) is 1.02. The van der Waals surface area contributed by atoms with Crippen LogP contribution in [0.15, 0.2) is 157 Å². The van der Waals surface area contributed by atoms with Gasteiger partial charge in [-0.3, -0.25) is 0 Å². The second kappa shape index (κ2) is 14.3. The molecule has 0 radical (unpaired) electrons. The van der Waals surface area contributed by atoms with Gasteiger partial charge in [0.25, 0.3) is 0 Å². The van der Waals surface area contributed by atoms with Crippen molar-refractivity contribution in [2.45, 2.75) is 65.2 Å². The van der Waals surface area contributed by atoms with E-state index in [0.717, 1.165) is 25.7 Å². The van der Waals surface area contributed by atoms with Gasteiger partial charge in [-0.15, -0.1) is 0 Å². The molecule has 264 valence electrons. The van der Waals surface area contributed by atoms with Crippen molar-refractivity contribution in [2.75, 3.05) is 0 Å². The quantitative estimate of drug-likeness (QED) is 0.152. The molecular formula is C54H48. The largest absolute Gasteiger partial charge is 0.0690 e. The highest BCUT2D eigenvalue weighted by atomic mass is 14.2. The summed E-state index contributed by atoms with van der Waals surface area (Å²) in [5, 5.41) is 10.5. The summed E-state index contributed by atoms with van der Waals surface area (Å²) in [6.07, 6.45) is 9.36. The maximum atomic E-state index is 2.43. The van der Waals surface area contributed by atoms with Crippen LogP contribution in [0, 0.1) is 0 Å². The monoisotopic (exact) mass is 696 g/mol. The second-order valence-electron chi connectivity index (χ2n) is 16.1. The van der Waals surface area contributed by atoms with Gasteiger partial charge in [0.1, 0.15) is 0 Å². The highest BCUT2D eigenvalue weighted by Crippen LogP contribution is 2.40. The van der Waals surface area contributed by atoms with Gasteiger partial charge in [-0.1, -0.05) is 184 Å². The lowest BCUT2D eigenvalue weighted by atomic mass is 9.87. The third-order valence-electron chi connectivity index (χ3n) is 11.8. The Kier molecular flexibility index (Phi) is 9.00. The van der Waals surface area contributed by atoms with Crippen molar-refractivity contribution in [1.82, 2.24) is 0 Å². The number of benzene rings is 8. The van der Waals surface area contributed by atoms with E-state index in [9.17, 15) is 0 Å². The van der Waals surface area contributed by atoms with Crippen LogP contribution >= 0.6 is 0 Å². The van der Waals surface area contributed by atoms with Gasteiger partial charge in [-0.2, -0.15) is 0 Å². The second-order valence-corrected chi connectivity index (χ2v) is 16.1.